The van der Waals surface area contributed by atoms with E-state index in [0.717, 1.165) is 6.07 Å². The van der Waals surface area contributed by atoms with Gasteiger partial charge in [-0.3, -0.25) is 0 Å². The Morgan fingerprint density at radius 3 is 2.38 bits per heavy atom. The molecule has 0 atom stereocenters. The first-order valence-electron chi connectivity index (χ1n) is 4.24. The van der Waals surface area contributed by atoms with Crippen LogP contribution in [0.1, 0.15) is 11.1 Å². The molecule has 0 heterocycles. The number of rotatable bonds is 3. The third kappa shape index (κ3) is 2.56. The van der Waals surface area contributed by atoms with Crippen molar-refractivity contribution in [3.63, 3.8) is 0 Å². The first-order chi connectivity index (χ1) is 7.38. The number of hydroxylamine groups is 1. The summed E-state index contributed by atoms with van der Waals surface area (Å²) >= 11 is 0. The third-order valence-corrected chi connectivity index (χ3v) is 1.95. The van der Waals surface area contributed by atoms with Gasteiger partial charge in [0.1, 0.15) is 5.56 Å². The molecule has 1 aromatic rings. The molecule has 7 heteroatoms. The zero-order valence-corrected chi connectivity index (χ0v) is 8.30. The normalized spacial score (nSPS) is 11.8. The maximum absolute atomic E-state index is 12.3. The Kier molecular flexibility index (Phi) is 3.61. The van der Waals surface area contributed by atoms with Crippen LogP contribution in [0.15, 0.2) is 12.1 Å². The molecule has 0 aliphatic heterocycles. The average Bonchev–Trinajstić information content (AvgIpc) is 2.18. The van der Waals surface area contributed by atoms with Crippen molar-refractivity contribution in [2.45, 2.75) is 12.7 Å². The van der Waals surface area contributed by atoms with Crippen LogP contribution in [0.2, 0.25) is 0 Å². The summed E-state index contributed by atoms with van der Waals surface area (Å²) in [5, 5.41) is 18.5. The molecule has 90 valence electrons. The molecule has 0 saturated heterocycles. The quantitative estimate of drug-likeness (QED) is 0.553. The van der Waals surface area contributed by atoms with E-state index in [1.807, 2.05) is 0 Å². The van der Waals surface area contributed by atoms with Crippen LogP contribution in [0.4, 0.5) is 13.2 Å². The van der Waals surface area contributed by atoms with E-state index < -0.39 is 23.2 Å². The second-order valence-corrected chi connectivity index (χ2v) is 2.99. The maximum Gasteiger partial charge on any atom is 0.420 e. The highest BCUT2D eigenvalue weighted by atomic mass is 19.4. The van der Waals surface area contributed by atoms with Gasteiger partial charge in [-0.25, -0.2) is 0 Å². The molecule has 4 nitrogen and oxygen atoms in total. The Labute approximate surface area is 89.2 Å². The predicted octanol–water partition coefficient (Wildman–Crippen LogP) is 1.77. The van der Waals surface area contributed by atoms with Crippen molar-refractivity contribution in [2.24, 2.45) is 0 Å². The van der Waals surface area contributed by atoms with Crippen molar-refractivity contribution in [1.29, 1.82) is 0 Å². The summed E-state index contributed by atoms with van der Waals surface area (Å²) in [4.78, 5) is 4.47. The van der Waals surface area contributed by atoms with E-state index >= 15 is 0 Å². The standard InChI is InChI=1S/C9H10F3NO3/c1-16-13-4-5-2-3-6(9(10,11)12)8(15)7(5)14/h2-3,13-15H,4H2,1H3. The van der Waals surface area contributed by atoms with Gasteiger partial charge in [-0.2, -0.15) is 18.7 Å². The number of aromatic hydroxyl groups is 2. The second-order valence-electron chi connectivity index (χ2n) is 2.99. The van der Waals surface area contributed by atoms with E-state index in [0.29, 0.717) is 6.07 Å². The third-order valence-electron chi connectivity index (χ3n) is 1.95. The van der Waals surface area contributed by atoms with Crippen LogP contribution in [-0.4, -0.2) is 17.3 Å². The summed E-state index contributed by atoms with van der Waals surface area (Å²) in [5.74, 6) is -1.98. The van der Waals surface area contributed by atoms with Gasteiger partial charge in [0.2, 0.25) is 0 Å². The zero-order chi connectivity index (χ0) is 12.3. The van der Waals surface area contributed by atoms with Crippen molar-refractivity contribution < 1.29 is 28.2 Å². The summed E-state index contributed by atoms with van der Waals surface area (Å²) in [5.41, 5.74) is 1.17. The minimum absolute atomic E-state index is 0.0198. The summed E-state index contributed by atoms with van der Waals surface area (Å²) in [6, 6.07) is 1.76. The summed E-state index contributed by atoms with van der Waals surface area (Å²) in [6.45, 7) is -0.0198. The van der Waals surface area contributed by atoms with E-state index in [4.69, 9.17) is 0 Å². The fourth-order valence-electron chi connectivity index (χ4n) is 1.14. The maximum atomic E-state index is 12.3. The summed E-state index contributed by atoms with van der Waals surface area (Å²) in [7, 11) is 1.32. The number of alkyl halides is 3. The number of halogens is 3. The van der Waals surface area contributed by atoms with Crippen LogP contribution in [0, 0.1) is 0 Å². The lowest BCUT2D eigenvalue weighted by Crippen LogP contribution is -2.12. The molecule has 16 heavy (non-hydrogen) atoms. The van der Waals surface area contributed by atoms with Gasteiger partial charge >= 0.3 is 6.18 Å². The van der Waals surface area contributed by atoms with Gasteiger partial charge in [-0.1, -0.05) is 6.07 Å². The molecule has 0 aliphatic rings. The number of phenols is 2. The molecule has 0 fully saturated rings. The molecule has 0 unspecified atom stereocenters. The van der Waals surface area contributed by atoms with Gasteiger partial charge in [0, 0.05) is 12.1 Å². The first-order valence-corrected chi connectivity index (χ1v) is 4.24. The van der Waals surface area contributed by atoms with Crippen LogP contribution in [-0.2, 0) is 17.6 Å². The Morgan fingerprint density at radius 2 is 1.88 bits per heavy atom. The second kappa shape index (κ2) is 4.58. The van der Waals surface area contributed by atoms with Crippen LogP contribution in [0.25, 0.3) is 0 Å². The molecule has 1 aromatic carbocycles. The van der Waals surface area contributed by atoms with Gasteiger partial charge in [-0.05, 0) is 6.07 Å². The van der Waals surface area contributed by atoms with Gasteiger partial charge in [0.05, 0.1) is 7.11 Å². The van der Waals surface area contributed by atoms with Crippen molar-refractivity contribution >= 4 is 0 Å². The average molecular weight is 237 g/mol. The van der Waals surface area contributed by atoms with E-state index in [1.54, 1.807) is 0 Å². The molecule has 0 aromatic heterocycles. The Balaban J connectivity index is 3.08. The van der Waals surface area contributed by atoms with Crippen molar-refractivity contribution in [3.05, 3.63) is 23.3 Å². The van der Waals surface area contributed by atoms with Crippen LogP contribution in [0.5, 0.6) is 11.5 Å². The molecule has 0 bridgehead atoms. The van der Waals surface area contributed by atoms with Crippen molar-refractivity contribution in [3.8, 4) is 11.5 Å². The first kappa shape index (κ1) is 12.6. The van der Waals surface area contributed by atoms with E-state index in [-0.39, 0.29) is 12.1 Å². The minimum Gasteiger partial charge on any atom is -0.504 e. The Morgan fingerprint density at radius 1 is 1.25 bits per heavy atom. The molecule has 0 amide bonds. The molecular formula is C9H10F3NO3. The van der Waals surface area contributed by atoms with Gasteiger partial charge in [-0.15, -0.1) is 0 Å². The van der Waals surface area contributed by atoms with Crippen molar-refractivity contribution in [1.82, 2.24) is 5.48 Å². The summed E-state index contributed by atoms with van der Waals surface area (Å²) in [6.07, 6.45) is -4.70. The van der Waals surface area contributed by atoms with Gasteiger partial charge in [0.25, 0.3) is 0 Å². The highest BCUT2D eigenvalue weighted by Gasteiger charge is 2.35. The monoisotopic (exact) mass is 237 g/mol. The highest BCUT2D eigenvalue weighted by molar-refractivity contribution is 5.51. The Hall–Kier alpha value is -1.47. The lowest BCUT2D eigenvalue weighted by Gasteiger charge is -2.12. The number of nitrogens with one attached hydrogen (secondary N) is 1. The molecule has 0 aliphatic carbocycles. The largest absolute Gasteiger partial charge is 0.504 e. The van der Waals surface area contributed by atoms with Crippen molar-refractivity contribution in [2.75, 3.05) is 7.11 Å². The van der Waals surface area contributed by atoms with E-state index in [1.165, 1.54) is 7.11 Å². The van der Waals surface area contributed by atoms with Crippen LogP contribution < -0.4 is 5.48 Å². The molecule has 0 radical (unpaired) electrons. The van der Waals surface area contributed by atoms with Gasteiger partial charge in [0.15, 0.2) is 11.5 Å². The van der Waals surface area contributed by atoms with E-state index in [2.05, 4.69) is 10.3 Å². The lowest BCUT2D eigenvalue weighted by atomic mass is 10.1. The molecule has 0 spiro atoms. The molecule has 3 N–H and O–H groups in total. The van der Waals surface area contributed by atoms with Crippen LogP contribution in [0.3, 0.4) is 0 Å². The predicted molar refractivity (Wildman–Crippen MR) is 48.6 cm³/mol. The topological polar surface area (TPSA) is 61.7 Å². The zero-order valence-electron chi connectivity index (χ0n) is 8.30. The molecule has 1 rings (SSSR count). The van der Waals surface area contributed by atoms with Gasteiger partial charge < -0.3 is 15.1 Å². The fraction of sp³-hybridized carbons (Fsp3) is 0.333. The highest BCUT2D eigenvalue weighted by Crippen LogP contribution is 2.41. The fourth-order valence-corrected chi connectivity index (χ4v) is 1.14. The smallest absolute Gasteiger partial charge is 0.420 e. The lowest BCUT2D eigenvalue weighted by molar-refractivity contribution is -0.138. The summed E-state index contributed by atoms with van der Waals surface area (Å²) < 4.78 is 36.9. The number of benzene rings is 1. The minimum atomic E-state index is -4.70. The molecule has 0 saturated carbocycles. The number of hydrogen-bond acceptors (Lipinski definition) is 4. The SMILES string of the molecule is CONCc1ccc(C(F)(F)F)c(O)c1O. The molecular weight excluding hydrogens is 227 g/mol. The van der Waals surface area contributed by atoms with Crippen LogP contribution >= 0.6 is 0 Å². The number of hydrogen-bond donors (Lipinski definition) is 3. The van der Waals surface area contributed by atoms with E-state index in [9.17, 15) is 23.4 Å². The Bertz CT molecular complexity index is 379. The number of phenolic OH excluding ortho intramolecular Hbond substituents is 2.